The van der Waals surface area contributed by atoms with Crippen molar-refractivity contribution in [3.8, 4) is 0 Å². The topological polar surface area (TPSA) is 47.6 Å². The molecular formula is C18H39NO3. The summed E-state index contributed by atoms with van der Waals surface area (Å²) in [5, 5.41) is 2.62. The molecule has 0 rings (SSSR count). The van der Waals surface area contributed by atoms with Gasteiger partial charge < -0.3 is 14.8 Å². The normalized spacial score (nSPS) is 11.0. The van der Waals surface area contributed by atoms with Crippen LogP contribution in [0.2, 0.25) is 0 Å². The first-order valence-electron chi connectivity index (χ1n) is 8.72. The average molecular weight is 318 g/mol. The maximum atomic E-state index is 10.0. The number of hydrogen-bond acceptors (Lipinski definition) is 3. The lowest BCUT2D eigenvalue weighted by Crippen LogP contribution is -2.26. The van der Waals surface area contributed by atoms with Gasteiger partial charge in [-0.25, -0.2) is 0 Å². The zero-order chi connectivity index (χ0) is 17.3. The van der Waals surface area contributed by atoms with Gasteiger partial charge in [0.15, 0.2) is 0 Å². The summed E-state index contributed by atoms with van der Waals surface area (Å²) in [7, 11) is 0. The first-order valence-corrected chi connectivity index (χ1v) is 8.72. The van der Waals surface area contributed by atoms with Crippen molar-refractivity contribution in [2.45, 2.75) is 67.2 Å². The van der Waals surface area contributed by atoms with Gasteiger partial charge in [-0.3, -0.25) is 4.79 Å². The summed E-state index contributed by atoms with van der Waals surface area (Å²) in [4.78, 5) is 10.0. The van der Waals surface area contributed by atoms with E-state index in [2.05, 4.69) is 46.9 Å². The third-order valence-corrected chi connectivity index (χ3v) is 2.75. The molecule has 0 atom stereocenters. The van der Waals surface area contributed by atoms with Crippen molar-refractivity contribution in [2.75, 3.05) is 33.0 Å². The molecule has 0 saturated heterocycles. The predicted octanol–water partition coefficient (Wildman–Crippen LogP) is 4.03. The predicted molar refractivity (Wildman–Crippen MR) is 94.1 cm³/mol. The van der Waals surface area contributed by atoms with Crippen molar-refractivity contribution in [1.82, 2.24) is 5.32 Å². The van der Waals surface area contributed by atoms with E-state index in [-0.39, 0.29) is 5.41 Å². The maximum absolute atomic E-state index is 10.0. The zero-order valence-electron chi connectivity index (χ0n) is 15.7. The van der Waals surface area contributed by atoms with E-state index in [1.54, 1.807) is 0 Å². The third kappa shape index (κ3) is 21.7. The van der Waals surface area contributed by atoms with Gasteiger partial charge in [-0.15, -0.1) is 0 Å². The Labute approximate surface area is 138 Å². The van der Waals surface area contributed by atoms with Gasteiger partial charge in [0.2, 0.25) is 6.41 Å². The van der Waals surface area contributed by atoms with Crippen molar-refractivity contribution in [3.05, 3.63) is 0 Å². The lowest BCUT2D eigenvalue weighted by Gasteiger charge is -2.24. The molecule has 0 unspecified atom stereocenters. The van der Waals surface area contributed by atoms with E-state index < -0.39 is 0 Å². The van der Waals surface area contributed by atoms with E-state index in [9.17, 15) is 4.79 Å². The quantitative estimate of drug-likeness (QED) is 0.412. The molecule has 0 aliphatic rings. The van der Waals surface area contributed by atoms with Crippen LogP contribution in [0.5, 0.6) is 0 Å². The molecule has 4 nitrogen and oxygen atoms in total. The van der Waals surface area contributed by atoms with Gasteiger partial charge >= 0.3 is 0 Å². The number of ether oxygens (including phenoxy) is 2. The molecule has 0 saturated carbocycles. The molecule has 0 spiro atoms. The molecule has 0 aromatic heterocycles. The summed E-state index contributed by atoms with van der Waals surface area (Å²) >= 11 is 0. The van der Waals surface area contributed by atoms with E-state index in [1.165, 1.54) is 12.8 Å². The van der Waals surface area contributed by atoms with Crippen LogP contribution in [0.25, 0.3) is 0 Å². The molecule has 22 heavy (non-hydrogen) atoms. The highest BCUT2D eigenvalue weighted by Gasteiger charge is 2.18. The fourth-order valence-electron chi connectivity index (χ4n) is 1.67. The summed E-state index contributed by atoms with van der Waals surface area (Å²) in [6.45, 7) is 16.6. The highest BCUT2D eigenvalue weighted by molar-refractivity contribution is 5.45. The van der Waals surface area contributed by atoms with Gasteiger partial charge in [0.1, 0.15) is 0 Å². The van der Waals surface area contributed by atoms with Gasteiger partial charge in [0.25, 0.3) is 0 Å². The summed E-state index contributed by atoms with van der Waals surface area (Å²) in [5.41, 5.74) is 0.0515. The van der Waals surface area contributed by atoms with Crippen LogP contribution in [0.3, 0.4) is 0 Å². The molecule has 0 fully saturated rings. The SMILES string of the molecule is CC(C)CCCOCC(C)(C)COCCCNC=O.CCC. The van der Waals surface area contributed by atoms with Gasteiger partial charge in [0, 0.05) is 25.2 Å². The van der Waals surface area contributed by atoms with Crippen LogP contribution in [0.1, 0.15) is 67.2 Å². The standard InChI is InChI=1S/C15H31NO3.C3H8/c1-14(2)7-5-9-18-11-15(3,4)12-19-10-6-8-16-13-17;1-3-2/h13-14H,5-12H2,1-4H3,(H,16,17);3H2,1-2H3. The molecule has 0 heterocycles. The van der Waals surface area contributed by atoms with E-state index in [0.717, 1.165) is 38.4 Å². The Balaban J connectivity index is 0. The van der Waals surface area contributed by atoms with Crippen molar-refractivity contribution < 1.29 is 14.3 Å². The number of amides is 1. The Hall–Kier alpha value is -0.610. The molecule has 0 aliphatic heterocycles. The summed E-state index contributed by atoms with van der Waals surface area (Å²) in [6.07, 6.45) is 5.17. The second-order valence-corrected chi connectivity index (χ2v) is 6.94. The molecule has 0 bridgehead atoms. The first-order chi connectivity index (χ1) is 10.4. The fourth-order valence-corrected chi connectivity index (χ4v) is 1.67. The Bertz CT molecular complexity index is 230. The average Bonchev–Trinajstić information content (AvgIpc) is 2.43. The number of nitrogens with one attached hydrogen (secondary N) is 1. The van der Waals surface area contributed by atoms with Crippen molar-refractivity contribution in [2.24, 2.45) is 11.3 Å². The minimum atomic E-state index is 0.0515. The second kappa shape index (κ2) is 16.8. The van der Waals surface area contributed by atoms with Crippen molar-refractivity contribution in [1.29, 1.82) is 0 Å². The smallest absolute Gasteiger partial charge is 0.207 e. The highest BCUT2D eigenvalue weighted by Crippen LogP contribution is 2.16. The number of hydrogen-bond donors (Lipinski definition) is 1. The lowest BCUT2D eigenvalue weighted by atomic mass is 9.96. The summed E-state index contributed by atoms with van der Waals surface area (Å²) in [6, 6.07) is 0. The molecule has 0 aromatic rings. The number of carbonyl (C=O) groups excluding carboxylic acids is 1. The molecular weight excluding hydrogens is 278 g/mol. The Morgan fingerprint density at radius 1 is 1.05 bits per heavy atom. The van der Waals surface area contributed by atoms with E-state index >= 15 is 0 Å². The highest BCUT2D eigenvalue weighted by atomic mass is 16.5. The van der Waals surface area contributed by atoms with Crippen LogP contribution in [0, 0.1) is 11.3 Å². The summed E-state index contributed by atoms with van der Waals surface area (Å²) in [5.74, 6) is 0.750. The van der Waals surface area contributed by atoms with Crippen molar-refractivity contribution >= 4 is 6.41 Å². The number of rotatable bonds is 13. The molecule has 4 heteroatoms. The number of carbonyl (C=O) groups is 1. The van der Waals surface area contributed by atoms with Crippen molar-refractivity contribution in [3.63, 3.8) is 0 Å². The maximum Gasteiger partial charge on any atom is 0.207 e. The minimum Gasteiger partial charge on any atom is -0.381 e. The Morgan fingerprint density at radius 3 is 2.00 bits per heavy atom. The lowest BCUT2D eigenvalue weighted by molar-refractivity contribution is -0.109. The summed E-state index contributed by atoms with van der Waals surface area (Å²) < 4.78 is 11.3. The van der Waals surface area contributed by atoms with Gasteiger partial charge in [-0.2, -0.15) is 0 Å². The Kier molecular flexibility index (Phi) is 18.0. The zero-order valence-corrected chi connectivity index (χ0v) is 15.7. The molecule has 0 radical (unpaired) electrons. The van der Waals surface area contributed by atoms with Crippen LogP contribution < -0.4 is 5.32 Å². The van der Waals surface area contributed by atoms with Gasteiger partial charge in [-0.05, 0) is 25.2 Å². The molecule has 1 N–H and O–H groups in total. The molecule has 134 valence electrons. The third-order valence-electron chi connectivity index (χ3n) is 2.75. The molecule has 1 amide bonds. The van der Waals surface area contributed by atoms with Crippen LogP contribution in [-0.2, 0) is 14.3 Å². The Morgan fingerprint density at radius 2 is 1.55 bits per heavy atom. The van der Waals surface area contributed by atoms with Gasteiger partial charge in [-0.1, -0.05) is 48.0 Å². The second-order valence-electron chi connectivity index (χ2n) is 6.94. The first kappa shape index (κ1) is 23.7. The van der Waals surface area contributed by atoms with E-state index in [4.69, 9.17) is 9.47 Å². The van der Waals surface area contributed by atoms with Crippen LogP contribution >= 0.6 is 0 Å². The monoisotopic (exact) mass is 317 g/mol. The van der Waals surface area contributed by atoms with E-state index in [1.807, 2.05) is 0 Å². The van der Waals surface area contributed by atoms with Crippen LogP contribution in [0.15, 0.2) is 0 Å². The van der Waals surface area contributed by atoms with Crippen LogP contribution in [-0.4, -0.2) is 39.4 Å². The fraction of sp³-hybridized carbons (Fsp3) is 0.944. The van der Waals surface area contributed by atoms with Gasteiger partial charge in [0.05, 0.1) is 13.2 Å². The molecule has 0 aromatic carbocycles. The van der Waals surface area contributed by atoms with Crippen LogP contribution in [0.4, 0.5) is 0 Å². The van der Waals surface area contributed by atoms with E-state index in [0.29, 0.717) is 19.8 Å². The minimum absolute atomic E-state index is 0.0515. The largest absolute Gasteiger partial charge is 0.381 e. The molecule has 0 aliphatic carbocycles.